The van der Waals surface area contributed by atoms with E-state index in [-0.39, 0.29) is 0 Å². The Morgan fingerprint density at radius 3 is 1.68 bits per heavy atom. The Balaban J connectivity index is 1.79. The van der Waals surface area contributed by atoms with Gasteiger partial charge >= 0.3 is 0 Å². The number of hydrogen-bond donors (Lipinski definition) is 2. The average Bonchev–Trinajstić information content (AvgIpc) is 3.07. The molecule has 0 atom stereocenters. The van der Waals surface area contributed by atoms with Crippen molar-refractivity contribution >= 4 is 5.91 Å². The second-order valence-corrected chi connectivity index (χ2v) is 7.31. The van der Waals surface area contributed by atoms with E-state index >= 15 is 0 Å². The summed E-state index contributed by atoms with van der Waals surface area (Å²) in [6.07, 6.45) is 23.0. The number of carbonyl (C=O) groups excluding carboxylic acids is 1. The van der Waals surface area contributed by atoms with Crippen LogP contribution in [0.15, 0.2) is 6.20 Å². The fourth-order valence-electron chi connectivity index (χ4n) is 3.28. The first-order valence-corrected chi connectivity index (χ1v) is 10.6. The monoisotopic (exact) mass is 349 g/mol. The number of aromatic nitrogens is 2. The standard InChI is InChI=1S/C21H39N3O/c1-2-3-4-5-6-7-8-9-10-11-12-13-14-15-16-17-20-23-18-19(24-20)21(22)25/h18H,2-17H2,1H3,(H2,22,25)(H,23,24). The summed E-state index contributed by atoms with van der Waals surface area (Å²) in [4.78, 5) is 18.1. The highest BCUT2D eigenvalue weighted by Crippen LogP contribution is 2.13. The molecule has 0 aliphatic carbocycles. The molecule has 1 amide bonds. The molecule has 0 aliphatic rings. The smallest absolute Gasteiger partial charge is 0.266 e. The van der Waals surface area contributed by atoms with E-state index in [9.17, 15) is 4.79 Å². The maximum absolute atomic E-state index is 11.0. The third-order valence-corrected chi connectivity index (χ3v) is 4.91. The molecule has 0 bridgehead atoms. The van der Waals surface area contributed by atoms with Crippen LogP contribution < -0.4 is 5.73 Å². The highest BCUT2D eigenvalue weighted by Gasteiger charge is 2.04. The summed E-state index contributed by atoms with van der Waals surface area (Å²) < 4.78 is 0. The van der Waals surface area contributed by atoms with Crippen LogP contribution in [0.2, 0.25) is 0 Å². The lowest BCUT2D eigenvalue weighted by molar-refractivity contribution is 0.0996. The van der Waals surface area contributed by atoms with Crippen molar-refractivity contribution in [2.45, 2.75) is 110 Å². The van der Waals surface area contributed by atoms with E-state index in [4.69, 9.17) is 5.73 Å². The lowest BCUT2D eigenvalue weighted by atomic mass is 10.0. The van der Waals surface area contributed by atoms with Crippen LogP contribution in [0, 0.1) is 0 Å². The molecular weight excluding hydrogens is 310 g/mol. The number of carbonyl (C=O) groups is 1. The second kappa shape index (κ2) is 15.0. The molecule has 0 spiro atoms. The van der Waals surface area contributed by atoms with Gasteiger partial charge in [0.2, 0.25) is 0 Å². The van der Waals surface area contributed by atoms with Crippen LogP contribution >= 0.6 is 0 Å². The van der Waals surface area contributed by atoms with E-state index in [1.807, 2.05) is 0 Å². The Hall–Kier alpha value is -1.32. The number of aryl methyl sites for hydroxylation is 1. The fourth-order valence-corrected chi connectivity index (χ4v) is 3.28. The molecular formula is C21H39N3O. The van der Waals surface area contributed by atoms with Crippen LogP contribution in [0.25, 0.3) is 0 Å². The van der Waals surface area contributed by atoms with Crippen LogP contribution in [0.5, 0.6) is 0 Å². The highest BCUT2D eigenvalue weighted by molar-refractivity contribution is 5.90. The Labute approximate surface area is 154 Å². The summed E-state index contributed by atoms with van der Waals surface area (Å²) in [6.45, 7) is 2.28. The molecule has 4 heteroatoms. The van der Waals surface area contributed by atoms with Crippen molar-refractivity contribution in [3.05, 3.63) is 17.7 Å². The number of nitrogens with one attached hydrogen (secondary N) is 1. The zero-order valence-corrected chi connectivity index (χ0v) is 16.3. The lowest BCUT2D eigenvalue weighted by Crippen LogP contribution is -2.11. The van der Waals surface area contributed by atoms with Gasteiger partial charge < -0.3 is 10.7 Å². The summed E-state index contributed by atoms with van der Waals surface area (Å²) in [5.41, 5.74) is 5.62. The van der Waals surface area contributed by atoms with Crippen LogP contribution in [0.1, 0.15) is 120 Å². The van der Waals surface area contributed by atoms with Crippen LogP contribution in [0.4, 0.5) is 0 Å². The van der Waals surface area contributed by atoms with Gasteiger partial charge in [-0.3, -0.25) is 4.79 Å². The molecule has 0 saturated heterocycles. The molecule has 0 fully saturated rings. The number of amides is 1. The number of primary amides is 1. The topological polar surface area (TPSA) is 71.8 Å². The third-order valence-electron chi connectivity index (χ3n) is 4.91. The van der Waals surface area contributed by atoms with Crippen LogP contribution in [0.3, 0.4) is 0 Å². The van der Waals surface area contributed by atoms with Crippen LogP contribution in [-0.4, -0.2) is 15.9 Å². The molecule has 1 aromatic rings. The van der Waals surface area contributed by atoms with Crippen LogP contribution in [-0.2, 0) is 6.42 Å². The molecule has 4 nitrogen and oxygen atoms in total. The van der Waals surface area contributed by atoms with E-state index in [2.05, 4.69) is 16.9 Å². The van der Waals surface area contributed by atoms with Gasteiger partial charge in [-0.25, -0.2) is 4.98 Å². The highest BCUT2D eigenvalue weighted by atomic mass is 16.1. The zero-order valence-electron chi connectivity index (χ0n) is 16.3. The van der Waals surface area contributed by atoms with E-state index in [0.29, 0.717) is 5.69 Å². The third kappa shape index (κ3) is 11.8. The lowest BCUT2D eigenvalue weighted by Gasteiger charge is -2.03. The number of rotatable bonds is 17. The quantitative estimate of drug-likeness (QED) is 0.342. The van der Waals surface area contributed by atoms with Gasteiger partial charge in [0.1, 0.15) is 11.5 Å². The molecule has 25 heavy (non-hydrogen) atoms. The summed E-state index contributed by atoms with van der Waals surface area (Å²) in [6, 6.07) is 0. The molecule has 144 valence electrons. The predicted octanol–water partition coefficient (Wildman–Crippen LogP) is 5.92. The first kappa shape index (κ1) is 21.7. The van der Waals surface area contributed by atoms with E-state index in [1.165, 1.54) is 96.1 Å². The molecule has 0 aromatic carbocycles. The number of hydrogen-bond acceptors (Lipinski definition) is 2. The summed E-state index contributed by atoms with van der Waals surface area (Å²) >= 11 is 0. The van der Waals surface area contributed by atoms with Crippen molar-refractivity contribution in [1.82, 2.24) is 9.97 Å². The van der Waals surface area contributed by atoms with Gasteiger partial charge in [-0.1, -0.05) is 96.8 Å². The summed E-state index contributed by atoms with van der Waals surface area (Å²) in [7, 11) is 0. The fraction of sp³-hybridized carbons (Fsp3) is 0.810. The van der Waals surface area contributed by atoms with Crippen molar-refractivity contribution in [3.63, 3.8) is 0 Å². The van der Waals surface area contributed by atoms with E-state index < -0.39 is 5.91 Å². The first-order chi connectivity index (χ1) is 12.2. The largest absolute Gasteiger partial charge is 0.364 e. The molecule has 1 heterocycles. The number of unbranched alkanes of at least 4 members (excludes halogenated alkanes) is 14. The Morgan fingerprint density at radius 2 is 1.28 bits per heavy atom. The maximum atomic E-state index is 11.0. The zero-order chi connectivity index (χ0) is 18.2. The molecule has 1 aromatic heterocycles. The number of aromatic amines is 1. The maximum Gasteiger partial charge on any atom is 0.266 e. The SMILES string of the molecule is CCCCCCCCCCCCCCCCCc1ncc(C(N)=O)[nH]1. The molecule has 3 N–H and O–H groups in total. The van der Waals surface area contributed by atoms with Gasteiger partial charge in [-0.05, 0) is 6.42 Å². The number of imidazole rings is 1. The van der Waals surface area contributed by atoms with Gasteiger partial charge in [-0.2, -0.15) is 0 Å². The van der Waals surface area contributed by atoms with Gasteiger partial charge in [0.05, 0.1) is 6.20 Å². The molecule has 1 rings (SSSR count). The first-order valence-electron chi connectivity index (χ1n) is 10.6. The Kier molecular flexibility index (Phi) is 13.0. The average molecular weight is 350 g/mol. The predicted molar refractivity (Wildman–Crippen MR) is 106 cm³/mol. The molecule has 0 unspecified atom stereocenters. The van der Waals surface area contributed by atoms with Gasteiger partial charge in [-0.15, -0.1) is 0 Å². The van der Waals surface area contributed by atoms with Crippen molar-refractivity contribution < 1.29 is 4.79 Å². The molecule has 0 aliphatic heterocycles. The minimum atomic E-state index is -0.435. The molecule has 0 radical (unpaired) electrons. The van der Waals surface area contributed by atoms with Crippen molar-refractivity contribution in [1.29, 1.82) is 0 Å². The van der Waals surface area contributed by atoms with Crippen molar-refractivity contribution in [3.8, 4) is 0 Å². The van der Waals surface area contributed by atoms with E-state index in [1.54, 1.807) is 0 Å². The summed E-state index contributed by atoms with van der Waals surface area (Å²) in [5.74, 6) is 0.443. The molecule has 0 saturated carbocycles. The van der Waals surface area contributed by atoms with Gasteiger partial charge in [0.15, 0.2) is 0 Å². The Bertz CT molecular complexity index is 442. The minimum Gasteiger partial charge on any atom is -0.364 e. The summed E-state index contributed by atoms with van der Waals surface area (Å²) in [5, 5.41) is 0. The van der Waals surface area contributed by atoms with Gasteiger partial charge in [0.25, 0.3) is 5.91 Å². The van der Waals surface area contributed by atoms with Crippen molar-refractivity contribution in [2.75, 3.05) is 0 Å². The second-order valence-electron chi connectivity index (χ2n) is 7.31. The number of H-pyrrole nitrogens is 1. The van der Waals surface area contributed by atoms with Gasteiger partial charge in [0, 0.05) is 6.42 Å². The van der Waals surface area contributed by atoms with Crippen molar-refractivity contribution in [2.24, 2.45) is 5.73 Å². The Morgan fingerprint density at radius 1 is 0.840 bits per heavy atom. The normalized spacial score (nSPS) is 11.1. The number of nitrogens with two attached hydrogens (primary N) is 1. The number of nitrogens with zero attached hydrogens (tertiary/aromatic N) is 1. The van der Waals surface area contributed by atoms with E-state index in [0.717, 1.165) is 18.7 Å². The minimum absolute atomic E-state index is 0.413.